The van der Waals surface area contributed by atoms with Crippen LogP contribution >= 0.6 is 12.4 Å². The molecule has 3 aliphatic rings. The van der Waals surface area contributed by atoms with Crippen LogP contribution in [0.2, 0.25) is 0 Å². The minimum atomic E-state index is 0. The third-order valence-electron chi connectivity index (χ3n) is 6.08. The Labute approximate surface area is 146 Å². The van der Waals surface area contributed by atoms with Gasteiger partial charge in [0.05, 0.1) is 6.10 Å². The smallest absolute Gasteiger partial charge is 0.226 e. The van der Waals surface area contributed by atoms with Crippen molar-refractivity contribution in [2.75, 3.05) is 26.2 Å². The molecule has 2 atom stereocenters. The number of hydrogen-bond acceptors (Lipinski definition) is 3. The van der Waals surface area contributed by atoms with Crippen molar-refractivity contribution in [1.82, 2.24) is 4.90 Å². The second-order valence-electron chi connectivity index (χ2n) is 7.54. The summed E-state index contributed by atoms with van der Waals surface area (Å²) in [5, 5.41) is 0. The van der Waals surface area contributed by atoms with Crippen LogP contribution in [0.15, 0.2) is 0 Å². The molecule has 23 heavy (non-hydrogen) atoms. The standard InChI is InChI=1S/C18H32N2O2.ClH/c19-12-15-6-3-7-17(15)18(21)20-10-8-16(9-11-20)22-13-14-4-1-2-5-14;/h14-17H,1-13,19H2;1H/t15-,17-;/m1./s1. The lowest BCUT2D eigenvalue weighted by atomic mass is 9.93. The van der Waals surface area contributed by atoms with Gasteiger partial charge in [-0.25, -0.2) is 0 Å². The van der Waals surface area contributed by atoms with Crippen LogP contribution in [-0.2, 0) is 9.53 Å². The van der Waals surface area contributed by atoms with E-state index in [1.807, 2.05) is 0 Å². The largest absolute Gasteiger partial charge is 0.378 e. The number of carbonyl (C=O) groups excluding carboxylic acids is 1. The van der Waals surface area contributed by atoms with Gasteiger partial charge < -0.3 is 15.4 Å². The van der Waals surface area contributed by atoms with E-state index in [0.29, 0.717) is 24.5 Å². The summed E-state index contributed by atoms with van der Waals surface area (Å²) in [6.45, 7) is 3.36. The number of halogens is 1. The van der Waals surface area contributed by atoms with E-state index in [4.69, 9.17) is 10.5 Å². The lowest BCUT2D eigenvalue weighted by Gasteiger charge is -2.35. The zero-order valence-electron chi connectivity index (χ0n) is 14.3. The summed E-state index contributed by atoms with van der Waals surface area (Å²) in [7, 11) is 0. The first kappa shape index (κ1) is 19.0. The molecule has 0 bridgehead atoms. The van der Waals surface area contributed by atoms with E-state index in [2.05, 4.69) is 4.90 Å². The number of likely N-dealkylation sites (tertiary alicyclic amines) is 1. The van der Waals surface area contributed by atoms with Gasteiger partial charge in [-0.2, -0.15) is 0 Å². The molecule has 5 heteroatoms. The number of nitrogens with two attached hydrogens (primary N) is 1. The Hall–Kier alpha value is -0.320. The number of hydrogen-bond donors (Lipinski definition) is 1. The van der Waals surface area contributed by atoms with Crippen molar-refractivity contribution < 1.29 is 9.53 Å². The molecule has 1 amide bonds. The van der Waals surface area contributed by atoms with Gasteiger partial charge in [-0.3, -0.25) is 4.79 Å². The van der Waals surface area contributed by atoms with Gasteiger partial charge in [0.25, 0.3) is 0 Å². The highest BCUT2D eigenvalue weighted by Crippen LogP contribution is 2.33. The van der Waals surface area contributed by atoms with Crippen molar-refractivity contribution in [3.05, 3.63) is 0 Å². The molecule has 0 aromatic rings. The minimum absolute atomic E-state index is 0. The van der Waals surface area contributed by atoms with Crippen LogP contribution < -0.4 is 5.73 Å². The Morgan fingerprint density at radius 1 is 1.00 bits per heavy atom. The molecule has 1 aliphatic heterocycles. The molecule has 2 aliphatic carbocycles. The number of carbonyl (C=O) groups is 1. The summed E-state index contributed by atoms with van der Waals surface area (Å²) in [5.41, 5.74) is 5.82. The van der Waals surface area contributed by atoms with Gasteiger partial charge in [0.1, 0.15) is 0 Å². The molecule has 2 saturated carbocycles. The predicted molar refractivity (Wildman–Crippen MR) is 94.6 cm³/mol. The Bertz CT molecular complexity index is 366. The van der Waals surface area contributed by atoms with Gasteiger partial charge in [0.15, 0.2) is 0 Å². The molecule has 0 spiro atoms. The zero-order valence-corrected chi connectivity index (χ0v) is 15.1. The van der Waals surface area contributed by atoms with Gasteiger partial charge in [0.2, 0.25) is 5.91 Å². The van der Waals surface area contributed by atoms with Crippen LogP contribution in [0.4, 0.5) is 0 Å². The van der Waals surface area contributed by atoms with E-state index in [9.17, 15) is 4.79 Å². The number of ether oxygens (including phenoxy) is 1. The summed E-state index contributed by atoms with van der Waals surface area (Å²) >= 11 is 0. The highest BCUT2D eigenvalue weighted by Gasteiger charge is 2.36. The molecule has 2 N–H and O–H groups in total. The molecule has 3 fully saturated rings. The van der Waals surface area contributed by atoms with Crippen molar-refractivity contribution in [3.63, 3.8) is 0 Å². The summed E-state index contributed by atoms with van der Waals surface area (Å²) in [4.78, 5) is 14.8. The van der Waals surface area contributed by atoms with E-state index in [0.717, 1.165) is 51.3 Å². The number of amides is 1. The SMILES string of the molecule is Cl.NC[C@H]1CCC[C@H]1C(=O)N1CCC(OCC2CCCC2)CC1. The summed E-state index contributed by atoms with van der Waals surface area (Å²) in [6.07, 6.45) is 11.2. The van der Waals surface area contributed by atoms with Crippen LogP contribution in [0.25, 0.3) is 0 Å². The Morgan fingerprint density at radius 3 is 2.35 bits per heavy atom. The van der Waals surface area contributed by atoms with Crippen molar-refractivity contribution >= 4 is 18.3 Å². The summed E-state index contributed by atoms with van der Waals surface area (Å²) in [5.74, 6) is 1.77. The molecule has 1 saturated heterocycles. The number of piperidine rings is 1. The van der Waals surface area contributed by atoms with Crippen LogP contribution in [0.1, 0.15) is 57.8 Å². The van der Waals surface area contributed by atoms with Gasteiger partial charge >= 0.3 is 0 Å². The highest BCUT2D eigenvalue weighted by atomic mass is 35.5. The van der Waals surface area contributed by atoms with E-state index in [-0.39, 0.29) is 18.3 Å². The van der Waals surface area contributed by atoms with Crippen molar-refractivity contribution in [1.29, 1.82) is 0 Å². The average molecular weight is 345 g/mol. The van der Waals surface area contributed by atoms with Crippen molar-refractivity contribution in [2.45, 2.75) is 63.9 Å². The van der Waals surface area contributed by atoms with Gasteiger partial charge in [-0.15, -0.1) is 12.4 Å². The van der Waals surface area contributed by atoms with Gasteiger partial charge in [-0.1, -0.05) is 19.3 Å². The normalized spacial score (nSPS) is 29.7. The Kier molecular flexibility index (Phi) is 7.64. The van der Waals surface area contributed by atoms with E-state index in [1.54, 1.807) is 0 Å². The topological polar surface area (TPSA) is 55.6 Å². The second kappa shape index (κ2) is 9.24. The van der Waals surface area contributed by atoms with Crippen LogP contribution in [-0.4, -0.2) is 43.2 Å². The van der Waals surface area contributed by atoms with Crippen LogP contribution in [0.5, 0.6) is 0 Å². The maximum absolute atomic E-state index is 12.7. The van der Waals surface area contributed by atoms with Gasteiger partial charge in [0, 0.05) is 25.6 Å². The fraction of sp³-hybridized carbons (Fsp3) is 0.944. The monoisotopic (exact) mass is 344 g/mol. The first-order valence-corrected chi connectivity index (χ1v) is 9.38. The highest BCUT2D eigenvalue weighted by molar-refractivity contribution is 5.85. The number of rotatable bonds is 5. The minimum Gasteiger partial charge on any atom is -0.378 e. The molecule has 4 nitrogen and oxygen atoms in total. The van der Waals surface area contributed by atoms with E-state index >= 15 is 0 Å². The fourth-order valence-electron chi connectivity index (χ4n) is 4.57. The fourth-order valence-corrected chi connectivity index (χ4v) is 4.57. The second-order valence-corrected chi connectivity index (χ2v) is 7.54. The lowest BCUT2D eigenvalue weighted by molar-refractivity contribution is -0.139. The quantitative estimate of drug-likeness (QED) is 0.834. The van der Waals surface area contributed by atoms with Gasteiger partial charge in [-0.05, 0) is 56.9 Å². The molecular formula is C18H33ClN2O2. The van der Waals surface area contributed by atoms with Crippen LogP contribution in [0.3, 0.4) is 0 Å². The lowest BCUT2D eigenvalue weighted by Crippen LogP contribution is -2.45. The van der Waals surface area contributed by atoms with E-state index < -0.39 is 0 Å². The molecule has 3 rings (SSSR count). The zero-order chi connectivity index (χ0) is 15.4. The van der Waals surface area contributed by atoms with Crippen molar-refractivity contribution in [2.24, 2.45) is 23.5 Å². The first-order chi connectivity index (χ1) is 10.8. The molecule has 0 unspecified atom stereocenters. The third-order valence-corrected chi connectivity index (χ3v) is 6.08. The third kappa shape index (κ3) is 4.83. The van der Waals surface area contributed by atoms with Crippen LogP contribution in [0, 0.1) is 17.8 Å². The summed E-state index contributed by atoms with van der Waals surface area (Å²) in [6, 6.07) is 0. The average Bonchev–Trinajstić information content (AvgIpc) is 3.23. The molecule has 0 radical (unpaired) electrons. The molecule has 0 aromatic heterocycles. The Balaban J connectivity index is 0.00000192. The first-order valence-electron chi connectivity index (χ1n) is 9.38. The molecule has 134 valence electrons. The number of nitrogens with zero attached hydrogens (tertiary/aromatic N) is 1. The van der Waals surface area contributed by atoms with Crippen molar-refractivity contribution in [3.8, 4) is 0 Å². The molecule has 0 aromatic carbocycles. The maximum atomic E-state index is 12.7. The predicted octanol–water partition coefficient (Wildman–Crippen LogP) is 2.98. The van der Waals surface area contributed by atoms with E-state index in [1.165, 1.54) is 32.1 Å². The molecule has 1 heterocycles. The molecular weight excluding hydrogens is 312 g/mol. The maximum Gasteiger partial charge on any atom is 0.226 e. The Morgan fingerprint density at radius 2 is 1.70 bits per heavy atom. The summed E-state index contributed by atoms with van der Waals surface area (Å²) < 4.78 is 6.10.